The van der Waals surface area contributed by atoms with E-state index in [1.165, 1.54) is 0 Å². The predicted octanol–water partition coefficient (Wildman–Crippen LogP) is 0.810. The van der Waals surface area contributed by atoms with E-state index in [1.54, 1.807) is 25.1 Å². The second kappa shape index (κ2) is 7.21. The van der Waals surface area contributed by atoms with E-state index >= 15 is 0 Å². The lowest BCUT2D eigenvalue weighted by Crippen LogP contribution is -2.40. The van der Waals surface area contributed by atoms with Crippen molar-refractivity contribution in [3.8, 4) is 11.5 Å². The molecule has 3 rings (SSSR count). The fourth-order valence-corrected chi connectivity index (χ4v) is 3.26. The van der Waals surface area contributed by atoms with Crippen molar-refractivity contribution in [1.82, 2.24) is 14.7 Å². The molecule has 2 N–H and O–H groups in total. The van der Waals surface area contributed by atoms with Crippen molar-refractivity contribution >= 4 is 0 Å². The van der Waals surface area contributed by atoms with Crippen LogP contribution >= 0.6 is 0 Å². The predicted molar refractivity (Wildman–Crippen MR) is 88.0 cm³/mol. The molecule has 7 heteroatoms. The van der Waals surface area contributed by atoms with E-state index in [-0.39, 0.29) is 0 Å². The number of methoxy groups -OCH3 is 2. The highest BCUT2D eigenvalue weighted by Gasteiger charge is 2.30. The molecule has 0 saturated heterocycles. The van der Waals surface area contributed by atoms with Crippen molar-refractivity contribution in [2.45, 2.75) is 25.3 Å². The largest absolute Gasteiger partial charge is 0.496 e. The van der Waals surface area contributed by atoms with E-state index in [9.17, 15) is 10.2 Å². The molecule has 2 aromatic rings. The Morgan fingerprint density at radius 1 is 1.25 bits per heavy atom. The molecule has 0 radical (unpaired) electrons. The van der Waals surface area contributed by atoms with E-state index in [4.69, 9.17) is 9.47 Å². The minimum atomic E-state index is -0.685. The molecule has 0 fully saturated rings. The van der Waals surface area contributed by atoms with Gasteiger partial charge in [0.1, 0.15) is 11.5 Å². The van der Waals surface area contributed by atoms with E-state index in [0.29, 0.717) is 31.9 Å². The highest BCUT2D eigenvalue weighted by Crippen LogP contribution is 2.39. The number of hydrogen-bond acceptors (Lipinski definition) is 6. The van der Waals surface area contributed by atoms with Crippen LogP contribution < -0.4 is 9.47 Å². The van der Waals surface area contributed by atoms with Gasteiger partial charge in [-0.1, -0.05) is 0 Å². The maximum absolute atomic E-state index is 10.6. The summed E-state index contributed by atoms with van der Waals surface area (Å²) in [7, 11) is 3.20. The molecule has 0 spiro atoms. The maximum Gasteiger partial charge on any atom is 0.125 e. The van der Waals surface area contributed by atoms with Gasteiger partial charge in [-0.3, -0.25) is 9.58 Å². The van der Waals surface area contributed by atoms with Crippen molar-refractivity contribution in [3.05, 3.63) is 41.7 Å². The number of ether oxygens (including phenoxy) is 2. The van der Waals surface area contributed by atoms with Gasteiger partial charge in [0, 0.05) is 43.2 Å². The van der Waals surface area contributed by atoms with Gasteiger partial charge in [-0.25, -0.2) is 0 Å². The van der Waals surface area contributed by atoms with Gasteiger partial charge in [0.2, 0.25) is 0 Å². The second-order valence-corrected chi connectivity index (χ2v) is 5.95. The highest BCUT2D eigenvalue weighted by molar-refractivity contribution is 5.51. The van der Waals surface area contributed by atoms with Gasteiger partial charge >= 0.3 is 0 Å². The minimum absolute atomic E-state index is 0.418. The van der Waals surface area contributed by atoms with Gasteiger partial charge in [0.25, 0.3) is 0 Å². The Kier molecular flexibility index (Phi) is 5.03. The molecule has 24 heavy (non-hydrogen) atoms. The Morgan fingerprint density at radius 3 is 2.67 bits per heavy atom. The van der Waals surface area contributed by atoms with Gasteiger partial charge in [0.15, 0.2) is 0 Å². The summed E-state index contributed by atoms with van der Waals surface area (Å²) in [6, 6.07) is 5.47. The minimum Gasteiger partial charge on any atom is -0.496 e. The molecule has 0 aliphatic carbocycles. The van der Waals surface area contributed by atoms with E-state index < -0.39 is 12.2 Å². The van der Waals surface area contributed by atoms with Crippen molar-refractivity contribution in [1.29, 1.82) is 0 Å². The van der Waals surface area contributed by atoms with E-state index in [0.717, 1.165) is 16.9 Å². The molecule has 1 aromatic heterocycles. The fraction of sp³-hybridized carbons (Fsp3) is 0.471. The van der Waals surface area contributed by atoms with Crippen molar-refractivity contribution in [3.63, 3.8) is 0 Å². The quantitative estimate of drug-likeness (QED) is 0.814. The third kappa shape index (κ3) is 3.38. The molecule has 2 atom stereocenters. The van der Waals surface area contributed by atoms with Crippen molar-refractivity contribution in [2.24, 2.45) is 0 Å². The molecular formula is C17H23N3O4. The highest BCUT2D eigenvalue weighted by atomic mass is 16.5. The fourth-order valence-electron chi connectivity index (χ4n) is 3.26. The zero-order valence-electron chi connectivity index (χ0n) is 13.9. The number of nitrogens with zero attached hydrogens (tertiary/aromatic N) is 3. The summed E-state index contributed by atoms with van der Waals surface area (Å²) in [6.07, 6.45) is 2.24. The number of aromatic nitrogens is 2. The summed E-state index contributed by atoms with van der Waals surface area (Å²) >= 11 is 0. The van der Waals surface area contributed by atoms with Crippen LogP contribution in [0.15, 0.2) is 30.6 Å². The lowest BCUT2D eigenvalue weighted by Gasteiger charge is -2.34. The zero-order chi connectivity index (χ0) is 17.1. The number of fused-ring (bicyclic) bond motifs is 1. The van der Waals surface area contributed by atoms with E-state index in [1.807, 2.05) is 29.3 Å². The monoisotopic (exact) mass is 333 g/mol. The van der Waals surface area contributed by atoms with Crippen molar-refractivity contribution < 1.29 is 19.7 Å². The number of benzene rings is 1. The molecule has 1 aromatic carbocycles. The number of rotatable bonds is 6. The first-order valence-corrected chi connectivity index (χ1v) is 7.92. The third-order valence-electron chi connectivity index (χ3n) is 4.29. The molecule has 1 aliphatic rings. The second-order valence-electron chi connectivity index (χ2n) is 5.95. The van der Waals surface area contributed by atoms with Gasteiger partial charge in [-0.15, -0.1) is 0 Å². The topological polar surface area (TPSA) is 80.0 Å². The van der Waals surface area contributed by atoms with Gasteiger partial charge in [-0.2, -0.15) is 5.10 Å². The van der Waals surface area contributed by atoms with Crippen LogP contribution in [-0.2, 0) is 13.1 Å². The maximum atomic E-state index is 10.6. The Balaban J connectivity index is 1.76. The molecule has 0 unspecified atom stereocenters. The number of β-amino-alcohol motifs (C(OH)–C–C–N with tert-alkyl or cyclic N) is 2. The summed E-state index contributed by atoms with van der Waals surface area (Å²) < 4.78 is 12.5. The molecule has 0 amide bonds. The lowest BCUT2D eigenvalue weighted by molar-refractivity contribution is 0.0440. The smallest absolute Gasteiger partial charge is 0.125 e. The van der Waals surface area contributed by atoms with Crippen LogP contribution in [-0.4, -0.2) is 58.3 Å². The molecule has 7 nitrogen and oxygen atoms in total. The summed E-state index contributed by atoms with van der Waals surface area (Å²) in [6.45, 7) is 1.88. The standard InChI is InChI=1S/C17H23N3O4/c1-23-15-4-5-16(24-2)17-13(15)10-19(11-14(17)22)8-12(21)9-20-7-3-6-18-20/h3-7,12,14,21-22H,8-11H2,1-2H3/t12-,14+/m1/s1. The van der Waals surface area contributed by atoms with Crippen LogP contribution in [0.4, 0.5) is 0 Å². The van der Waals surface area contributed by atoms with Gasteiger partial charge < -0.3 is 19.7 Å². The van der Waals surface area contributed by atoms with Crippen LogP contribution in [0.3, 0.4) is 0 Å². The summed E-state index contributed by atoms with van der Waals surface area (Å²) in [5.41, 5.74) is 1.68. The van der Waals surface area contributed by atoms with Gasteiger partial charge in [-0.05, 0) is 18.2 Å². The lowest BCUT2D eigenvalue weighted by atomic mass is 9.95. The Hall–Kier alpha value is -2.09. The van der Waals surface area contributed by atoms with E-state index in [2.05, 4.69) is 5.10 Å². The molecule has 0 bridgehead atoms. The number of aliphatic hydroxyl groups excluding tert-OH is 2. The zero-order valence-corrected chi connectivity index (χ0v) is 13.9. The molecule has 1 aliphatic heterocycles. The Bertz CT molecular complexity index is 675. The molecular weight excluding hydrogens is 310 g/mol. The number of aliphatic hydroxyl groups is 2. The molecule has 130 valence electrons. The average molecular weight is 333 g/mol. The summed E-state index contributed by atoms with van der Waals surface area (Å²) in [5.74, 6) is 1.38. The Morgan fingerprint density at radius 2 is 2.00 bits per heavy atom. The first kappa shape index (κ1) is 16.8. The average Bonchev–Trinajstić information content (AvgIpc) is 3.06. The number of hydrogen-bond donors (Lipinski definition) is 2. The van der Waals surface area contributed by atoms with Crippen LogP contribution in [0.25, 0.3) is 0 Å². The molecule has 0 saturated carbocycles. The van der Waals surface area contributed by atoms with Crippen LogP contribution in [0.5, 0.6) is 11.5 Å². The first-order chi connectivity index (χ1) is 11.6. The van der Waals surface area contributed by atoms with Crippen LogP contribution in [0.2, 0.25) is 0 Å². The summed E-state index contributed by atoms with van der Waals surface area (Å²) in [4.78, 5) is 2.02. The first-order valence-electron chi connectivity index (χ1n) is 7.92. The molecule has 2 heterocycles. The van der Waals surface area contributed by atoms with Gasteiger partial charge in [0.05, 0.1) is 33.0 Å². The third-order valence-corrected chi connectivity index (χ3v) is 4.29. The SMILES string of the molecule is COc1ccc(OC)c2c1CN(C[C@@H](O)Cn1cccn1)C[C@@H]2O. The van der Waals surface area contributed by atoms with Crippen LogP contribution in [0, 0.1) is 0 Å². The normalized spacial score (nSPS) is 18.9. The van der Waals surface area contributed by atoms with Crippen LogP contribution in [0.1, 0.15) is 17.2 Å². The summed E-state index contributed by atoms with van der Waals surface area (Å²) in [5, 5.41) is 25.0. The van der Waals surface area contributed by atoms with Crippen molar-refractivity contribution in [2.75, 3.05) is 27.3 Å². The Labute approximate surface area is 141 Å².